The van der Waals surface area contributed by atoms with Crippen molar-refractivity contribution in [2.75, 3.05) is 13.2 Å². The van der Waals surface area contributed by atoms with E-state index in [0.29, 0.717) is 11.8 Å². The summed E-state index contributed by atoms with van der Waals surface area (Å²) in [6, 6.07) is 8.78. The predicted molar refractivity (Wildman–Crippen MR) is 106 cm³/mol. The molecule has 0 amide bonds. The SMILES string of the molecule is ClCc1ccc(SC2CCCCCCC(C3OCCO3)CCC2)cc1. The highest BCUT2D eigenvalue weighted by atomic mass is 35.5. The van der Waals surface area contributed by atoms with E-state index in [-0.39, 0.29) is 6.29 Å². The molecule has 140 valence electrons. The van der Waals surface area contributed by atoms with Crippen LogP contribution in [0.3, 0.4) is 0 Å². The quantitative estimate of drug-likeness (QED) is 0.561. The second-order valence-corrected chi connectivity index (χ2v) is 8.95. The maximum atomic E-state index is 5.90. The van der Waals surface area contributed by atoms with Crippen molar-refractivity contribution in [1.29, 1.82) is 0 Å². The second-order valence-electron chi connectivity index (χ2n) is 7.31. The Labute approximate surface area is 162 Å². The molecule has 2 unspecified atom stereocenters. The second kappa shape index (κ2) is 10.8. The van der Waals surface area contributed by atoms with Gasteiger partial charge in [0.25, 0.3) is 0 Å². The number of rotatable bonds is 4. The van der Waals surface area contributed by atoms with E-state index in [2.05, 4.69) is 36.0 Å². The summed E-state index contributed by atoms with van der Waals surface area (Å²) in [7, 11) is 0. The van der Waals surface area contributed by atoms with E-state index < -0.39 is 0 Å². The Bertz CT molecular complexity index is 487. The first-order chi connectivity index (χ1) is 12.3. The Morgan fingerprint density at radius 2 is 1.48 bits per heavy atom. The predicted octanol–water partition coefficient (Wildman–Crippen LogP) is 6.40. The van der Waals surface area contributed by atoms with Crippen molar-refractivity contribution in [3.63, 3.8) is 0 Å². The summed E-state index contributed by atoms with van der Waals surface area (Å²) in [6.45, 7) is 1.55. The highest BCUT2D eigenvalue weighted by molar-refractivity contribution is 8.00. The van der Waals surface area contributed by atoms with Crippen LogP contribution in [0.5, 0.6) is 0 Å². The van der Waals surface area contributed by atoms with Gasteiger partial charge >= 0.3 is 0 Å². The molecule has 0 bridgehead atoms. The zero-order valence-electron chi connectivity index (χ0n) is 15.1. The van der Waals surface area contributed by atoms with Crippen molar-refractivity contribution < 1.29 is 9.47 Å². The molecule has 1 aromatic rings. The number of hydrogen-bond acceptors (Lipinski definition) is 3. The van der Waals surface area contributed by atoms with Crippen molar-refractivity contribution in [3.05, 3.63) is 29.8 Å². The smallest absolute Gasteiger partial charge is 0.160 e. The summed E-state index contributed by atoms with van der Waals surface area (Å²) in [4.78, 5) is 1.38. The Kier molecular flexibility index (Phi) is 8.45. The van der Waals surface area contributed by atoms with Crippen LogP contribution in [-0.4, -0.2) is 24.8 Å². The molecule has 1 aliphatic heterocycles. The van der Waals surface area contributed by atoms with Crippen LogP contribution < -0.4 is 0 Å². The highest BCUT2D eigenvalue weighted by Gasteiger charge is 2.26. The molecule has 0 radical (unpaired) electrons. The van der Waals surface area contributed by atoms with Gasteiger partial charge in [0.1, 0.15) is 0 Å². The van der Waals surface area contributed by atoms with Gasteiger partial charge in [-0.15, -0.1) is 23.4 Å². The molecule has 1 saturated carbocycles. The summed E-state index contributed by atoms with van der Waals surface area (Å²) in [5, 5.41) is 0.728. The third-order valence-corrected chi connectivity index (χ3v) is 7.02. The molecule has 25 heavy (non-hydrogen) atoms. The molecule has 0 aromatic heterocycles. The highest BCUT2D eigenvalue weighted by Crippen LogP contribution is 2.34. The molecule has 1 aromatic carbocycles. The number of thioether (sulfide) groups is 1. The first-order valence-electron chi connectivity index (χ1n) is 9.90. The zero-order chi connectivity index (χ0) is 17.3. The Hall–Kier alpha value is -0.220. The minimum Gasteiger partial charge on any atom is -0.350 e. The molecule has 1 saturated heterocycles. The Balaban J connectivity index is 1.54. The average molecular weight is 383 g/mol. The fraction of sp³-hybridized carbons (Fsp3) is 0.714. The Morgan fingerprint density at radius 3 is 2.20 bits per heavy atom. The van der Waals surface area contributed by atoms with Crippen LogP contribution in [0.1, 0.15) is 63.4 Å². The van der Waals surface area contributed by atoms with Crippen molar-refractivity contribution in [3.8, 4) is 0 Å². The minimum absolute atomic E-state index is 0.0648. The molecule has 4 heteroatoms. The van der Waals surface area contributed by atoms with E-state index in [0.717, 1.165) is 18.5 Å². The topological polar surface area (TPSA) is 18.5 Å². The normalized spacial score (nSPS) is 27.1. The summed E-state index contributed by atoms with van der Waals surface area (Å²) in [6.07, 6.45) is 11.9. The van der Waals surface area contributed by atoms with E-state index >= 15 is 0 Å². The van der Waals surface area contributed by atoms with Crippen LogP contribution in [0, 0.1) is 5.92 Å². The van der Waals surface area contributed by atoms with Gasteiger partial charge in [-0.1, -0.05) is 44.2 Å². The zero-order valence-corrected chi connectivity index (χ0v) is 16.7. The van der Waals surface area contributed by atoms with Crippen LogP contribution >= 0.6 is 23.4 Å². The van der Waals surface area contributed by atoms with Gasteiger partial charge < -0.3 is 9.47 Å². The van der Waals surface area contributed by atoms with Crippen LogP contribution in [0.25, 0.3) is 0 Å². The number of alkyl halides is 1. The van der Waals surface area contributed by atoms with E-state index in [4.69, 9.17) is 21.1 Å². The van der Waals surface area contributed by atoms with Crippen LogP contribution in [-0.2, 0) is 15.4 Å². The summed E-state index contributed by atoms with van der Waals surface area (Å²) in [5.41, 5.74) is 1.20. The van der Waals surface area contributed by atoms with E-state index in [1.807, 2.05) is 0 Å². The molecular formula is C21H31ClO2S. The first kappa shape index (κ1) is 19.5. The van der Waals surface area contributed by atoms with Gasteiger partial charge in [-0.05, 0) is 43.4 Å². The third kappa shape index (κ3) is 6.46. The Morgan fingerprint density at radius 1 is 0.840 bits per heavy atom. The lowest BCUT2D eigenvalue weighted by Crippen LogP contribution is -2.21. The van der Waals surface area contributed by atoms with Crippen LogP contribution in [0.2, 0.25) is 0 Å². The first-order valence-corrected chi connectivity index (χ1v) is 11.3. The van der Waals surface area contributed by atoms with Crippen molar-refractivity contribution >= 4 is 23.4 Å². The van der Waals surface area contributed by atoms with E-state index in [1.54, 1.807) is 0 Å². The number of benzene rings is 1. The summed E-state index contributed by atoms with van der Waals surface area (Å²) >= 11 is 7.96. The molecule has 2 atom stereocenters. The lowest BCUT2D eigenvalue weighted by atomic mass is 9.95. The van der Waals surface area contributed by atoms with Gasteiger partial charge in [0.05, 0.1) is 13.2 Å². The third-order valence-electron chi connectivity index (χ3n) is 5.36. The molecule has 3 rings (SSSR count). The fourth-order valence-electron chi connectivity index (χ4n) is 3.92. The van der Waals surface area contributed by atoms with E-state index in [1.165, 1.54) is 68.2 Å². The summed E-state index contributed by atoms with van der Waals surface area (Å²) < 4.78 is 11.6. The van der Waals surface area contributed by atoms with Gasteiger partial charge in [0.15, 0.2) is 6.29 Å². The number of halogens is 1. The molecule has 0 N–H and O–H groups in total. The van der Waals surface area contributed by atoms with Crippen molar-refractivity contribution in [1.82, 2.24) is 0 Å². The molecule has 2 aliphatic rings. The van der Waals surface area contributed by atoms with Gasteiger partial charge in [0, 0.05) is 21.9 Å². The van der Waals surface area contributed by atoms with Gasteiger partial charge in [-0.25, -0.2) is 0 Å². The van der Waals surface area contributed by atoms with Gasteiger partial charge in [0.2, 0.25) is 0 Å². The lowest BCUT2D eigenvalue weighted by Gasteiger charge is -2.23. The monoisotopic (exact) mass is 382 g/mol. The van der Waals surface area contributed by atoms with Crippen LogP contribution in [0.15, 0.2) is 29.2 Å². The van der Waals surface area contributed by atoms with Gasteiger partial charge in [-0.2, -0.15) is 0 Å². The standard InChI is InChI=1S/C21H31ClO2S/c22-16-17-10-12-20(13-11-17)25-19-8-4-2-1-3-6-18(7-5-9-19)21-23-14-15-24-21/h10-13,18-19,21H,1-9,14-16H2. The fourth-order valence-corrected chi connectivity index (χ4v) is 5.34. The molecule has 0 spiro atoms. The minimum atomic E-state index is 0.0648. The molecule has 2 fully saturated rings. The van der Waals surface area contributed by atoms with Crippen LogP contribution in [0.4, 0.5) is 0 Å². The summed E-state index contributed by atoms with van der Waals surface area (Å²) in [5.74, 6) is 1.19. The largest absolute Gasteiger partial charge is 0.350 e. The average Bonchev–Trinajstić information content (AvgIpc) is 3.16. The molecule has 2 nitrogen and oxygen atoms in total. The van der Waals surface area contributed by atoms with Crippen molar-refractivity contribution in [2.24, 2.45) is 5.92 Å². The number of hydrogen-bond donors (Lipinski definition) is 0. The van der Waals surface area contributed by atoms with E-state index in [9.17, 15) is 0 Å². The van der Waals surface area contributed by atoms with Crippen molar-refractivity contribution in [2.45, 2.75) is 80.1 Å². The lowest BCUT2D eigenvalue weighted by molar-refractivity contribution is -0.0884. The maximum absolute atomic E-state index is 5.90. The molecule has 1 heterocycles. The number of ether oxygens (including phenoxy) is 2. The molecule has 1 aliphatic carbocycles. The molecular weight excluding hydrogens is 352 g/mol. The van der Waals surface area contributed by atoms with Gasteiger partial charge in [-0.3, -0.25) is 0 Å². The maximum Gasteiger partial charge on any atom is 0.160 e.